The molecule has 1 aromatic carbocycles. The van der Waals surface area contributed by atoms with Crippen molar-refractivity contribution >= 4 is 17.3 Å². The molecule has 0 radical (unpaired) electrons. The van der Waals surface area contributed by atoms with Gasteiger partial charge in [-0.2, -0.15) is 0 Å². The molecule has 0 aliphatic heterocycles. The molecule has 4 nitrogen and oxygen atoms in total. The van der Waals surface area contributed by atoms with E-state index in [1.54, 1.807) is 12.1 Å². The van der Waals surface area contributed by atoms with Gasteiger partial charge in [0.05, 0.1) is 0 Å². The van der Waals surface area contributed by atoms with E-state index in [2.05, 4.69) is 17.1 Å². The monoisotopic (exact) mass is 289 g/mol. The van der Waals surface area contributed by atoms with Crippen LogP contribution in [0.4, 0.5) is 11.4 Å². The summed E-state index contributed by atoms with van der Waals surface area (Å²) in [6.45, 7) is 5.50. The first kappa shape index (κ1) is 15.8. The van der Waals surface area contributed by atoms with Crippen LogP contribution in [0.3, 0.4) is 0 Å². The molecule has 4 heteroatoms. The van der Waals surface area contributed by atoms with Gasteiger partial charge in [0.1, 0.15) is 0 Å². The molecule has 0 heterocycles. The lowest BCUT2D eigenvalue weighted by Crippen LogP contribution is -2.33. The highest BCUT2D eigenvalue weighted by Crippen LogP contribution is 2.27. The van der Waals surface area contributed by atoms with Crippen molar-refractivity contribution in [3.05, 3.63) is 24.3 Å². The third-order valence-electron chi connectivity index (χ3n) is 4.26. The molecule has 3 N–H and O–H groups in total. The topological polar surface area (TPSA) is 58.4 Å². The summed E-state index contributed by atoms with van der Waals surface area (Å²) < 4.78 is 0. The van der Waals surface area contributed by atoms with Crippen LogP contribution in [0.15, 0.2) is 24.3 Å². The van der Waals surface area contributed by atoms with Crippen molar-refractivity contribution in [2.45, 2.75) is 39.0 Å². The number of rotatable bonds is 8. The van der Waals surface area contributed by atoms with Crippen molar-refractivity contribution in [1.82, 2.24) is 4.90 Å². The Bertz CT molecular complexity index is 440. The second kappa shape index (κ2) is 8.03. The quantitative estimate of drug-likeness (QED) is 0.723. The van der Waals surface area contributed by atoms with Crippen LogP contribution in [-0.4, -0.2) is 30.4 Å². The zero-order chi connectivity index (χ0) is 15.1. The van der Waals surface area contributed by atoms with Crippen LogP contribution >= 0.6 is 0 Å². The number of nitrogens with zero attached hydrogens (tertiary/aromatic N) is 1. The standard InChI is InChI=1S/C17H27N3O/c1-2-20(13-14-5-3-6-14)12-4-7-17(21)19-16-10-8-15(18)9-11-16/h8-11,14H,2-7,12-13,18H2,1H3,(H,19,21). The zero-order valence-electron chi connectivity index (χ0n) is 13.0. The number of carbonyl (C=O) groups excluding carboxylic acids is 1. The van der Waals surface area contributed by atoms with Gasteiger partial charge in [-0.05, 0) is 62.5 Å². The fourth-order valence-electron chi connectivity index (χ4n) is 2.67. The lowest BCUT2D eigenvalue weighted by atomic mass is 9.85. The van der Waals surface area contributed by atoms with E-state index >= 15 is 0 Å². The summed E-state index contributed by atoms with van der Waals surface area (Å²) in [4.78, 5) is 14.4. The third kappa shape index (κ3) is 5.38. The van der Waals surface area contributed by atoms with E-state index in [0.29, 0.717) is 12.1 Å². The Labute approximate surface area is 127 Å². The van der Waals surface area contributed by atoms with Gasteiger partial charge in [0.2, 0.25) is 5.91 Å². The molecule has 1 amide bonds. The molecule has 2 rings (SSSR count). The maximum absolute atomic E-state index is 11.9. The molecule has 0 bridgehead atoms. The lowest BCUT2D eigenvalue weighted by Gasteiger charge is -2.31. The van der Waals surface area contributed by atoms with Gasteiger partial charge in [0.15, 0.2) is 0 Å². The second-order valence-corrected chi connectivity index (χ2v) is 5.96. The molecule has 1 aliphatic carbocycles. The molecule has 21 heavy (non-hydrogen) atoms. The fourth-order valence-corrected chi connectivity index (χ4v) is 2.67. The van der Waals surface area contributed by atoms with Crippen LogP contribution in [0.5, 0.6) is 0 Å². The average Bonchev–Trinajstić information content (AvgIpc) is 2.43. The highest BCUT2D eigenvalue weighted by Gasteiger charge is 2.19. The number of amides is 1. The van der Waals surface area contributed by atoms with Crippen molar-refractivity contribution in [1.29, 1.82) is 0 Å². The number of nitrogen functional groups attached to an aromatic ring is 1. The summed E-state index contributed by atoms with van der Waals surface area (Å²) in [7, 11) is 0. The Hall–Kier alpha value is -1.55. The van der Waals surface area contributed by atoms with E-state index in [1.165, 1.54) is 25.8 Å². The summed E-state index contributed by atoms with van der Waals surface area (Å²) in [5.74, 6) is 0.980. The van der Waals surface area contributed by atoms with E-state index in [0.717, 1.165) is 31.1 Å². The first-order chi connectivity index (χ1) is 10.2. The zero-order valence-corrected chi connectivity index (χ0v) is 13.0. The number of carbonyl (C=O) groups is 1. The largest absolute Gasteiger partial charge is 0.399 e. The average molecular weight is 289 g/mol. The van der Waals surface area contributed by atoms with Gasteiger partial charge >= 0.3 is 0 Å². The van der Waals surface area contributed by atoms with Crippen molar-refractivity contribution in [2.24, 2.45) is 5.92 Å². The van der Waals surface area contributed by atoms with Crippen LogP contribution in [0.25, 0.3) is 0 Å². The Morgan fingerprint density at radius 3 is 2.62 bits per heavy atom. The molecule has 1 aliphatic rings. The summed E-state index contributed by atoms with van der Waals surface area (Å²) in [6.07, 6.45) is 5.65. The van der Waals surface area contributed by atoms with Gasteiger partial charge in [-0.3, -0.25) is 4.79 Å². The van der Waals surface area contributed by atoms with E-state index < -0.39 is 0 Å². The number of hydrogen-bond acceptors (Lipinski definition) is 3. The fraction of sp³-hybridized carbons (Fsp3) is 0.588. The molecule has 116 valence electrons. The first-order valence-electron chi connectivity index (χ1n) is 8.05. The number of hydrogen-bond donors (Lipinski definition) is 2. The van der Waals surface area contributed by atoms with E-state index in [4.69, 9.17) is 5.73 Å². The minimum absolute atomic E-state index is 0.0828. The minimum atomic E-state index is 0.0828. The van der Waals surface area contributed by atoms with Gasteiger partial charge < -0.3 is 16.0 Å². The minimum Gasteiger partial charge on any atom is -0.399 e. The molecule has 0 unspecified atom stereocenters. The molecule has 0 aromatic heterocycles. The SMILES string of the molecule is CCN(CCCC(=O)Nc1ccc(N)cc1)CC1CCC1. The molecule has 0 atom stereocenters. The lowest BCUT2D eigenvalue weighted by molar-refractivity contribution is -0.116. The smallest absolute Gasteiger partial charge is 0.224 e. The van der Waals surface area contributed by atoms with Crippen molar-refractivity contribution in [2.75, 3.05) is 30.7 Å². The Morgan fingerprint density at radius 2 is 2.05 bits per heavy atom. The van der Waals surface area contributed by atoms with Gasteiger partial charge in [-0.15, -0.1) is 0 Å². The van der Waals surface area contributed by atoms with Crippen LogP contribution in [-0.2, 0) is 4.79 Å². The predicted octanol–water partition coefficient (Wildman–Crippen LogP) is 3.11. The van der Waals surface area contributed by atoms with Gasteiger partial charge in [-0.1, -0.05) is 13.3 Å². The number of anilines is 2. The molecule has 1 aromatic rings. The molecule has 0 spiro atoms. The summed E-state index contributed by atoms with van der Waals surface area (Å²) >= 11 is 0. The van der Waals surface area contributed by atoms with Crippen LogP contribution in [0.2, 0.25) is 0 Å². The molecule has 1 fully saturated rings. The summed E-state index contributed by atoms with van der Waals surface area (Å²) in [6, 6.07) is 7.27. The highest BCUT2D eigenvalue weighted by molar-refractivity contribution is 5.90. The number of benzene rings is 1. The van der Waals surface area contributed by atoms with E-state index in [9.17, 15) is 4.79 Å². The Kier molecular flexibility index (Phi) is 6.05. The molecular weight excluding hydrogens is 262 g/mol. The predicted molar refractivity (Wildman–Crippen MR) is 88.2 cm³/mol. The van der Waals surface area contributed by atoms with Crippen molar-refractivity contribution in [3.8, 4) is 0 Å². The maximum atomic E-state index is 11.9. The summed E-state index contributed by atoms with van der Waals surface area (Å²) in [5, 5.41) is 2.91. The summed E-state index contributed by atoms with van der Waals surface area (Å²) in [5.41, 5.74) is 7.15. The van der Waals surface area contributed by atoms with Gasteiger partial charge in [-0.25, -0.2) is 0 Å². The second-order valence-electron chi connectivity index (χ2n) is 5.96. The van der Waals surface area contributed by atoms with Crippen molar-refractivity contribution in [3.63, 3.8) is 0 Å². The van der Waals surface area contributed by atoms with Gasteiger partial charge in [0, 0.05) is 24.3 Å². The molecular formula is C17H27N3O. The van der Waals surface area contributed by atoms with E-state index in [1.807, 2.05) is 12.1 Å². The Balaban J connectivity index is 1.64. The third-order valence-corrected chi connectivity index (χ3v) is 4.26. The van der Waals surface area contributed by atoms with Gasteiger partial charge in [0.25, 0.3) is 0 Å². The van der Waals surface area contributed by atoms with Crippen LogP contribution < -0.4 is 11.1 Å². The maximum Gasteiger partial charge on any atom is 0.224 e. The Morgan fingerprint density at radius 1 is 1.33 bits per heavy atom. The number of nitrogens with two attached hydrogens (primary N) is 1. The first-order valence-corrected chi connectivity index (χ1v) is 8.05. The van der Waals surface area contributed by atoms with Crippen LogP contribution in [0.1, 0.15) is 39.0 Å². The van der Waals surface area contributed by atoms with Crippen LogP contribution in [0, 0.1) is 5.92 Å². The highest BCUT2D eigenvalue weighted by atomic mass is 16.1. The normalized spacial score (nSPS) is 15.0. The van der Waals surface area contributed by atoms with Crippen molar-refractivity contribution < 1.29 is 4.79 Å². The molecule has 0 saturated heterocycles. The molecule has 1 saturated carbocycles. The van der Waals surface area contributed by atoms with E-state index in [-0.39, 0.29) is 5.91 Å². The number of nitrogens with one attached hydrogen (secondary N) is 1.